The SMILES string of the molecule is COc1cc(C)c(Cl)cc1CNNc1ccccc1. The Kier molecular flexibility index (Phi) is 4.66. The van der Waals surface area contributed by atoms with Crippen molar-refractivity contribution in [1.82, 2.24) is 5.43 Å². The number of ether oxygens (including phenoxy) is 1. The molecular weight excluding hydrogens is 260 g/mol. The van der Waals surface area contributed by atoms with E-state index >= 15 is 0 Å². The monoisotopic (exact) mass is 276 g/mol. The number of benzene rings is 2. The van der Waals surface area contributed by atoms with Crippen molar-refractivity contribution in [2.75, 3.05) is 12.5 Å². The van der Waals surface area contributed by atoms with Crippen LogP contribution in [0.15, 0.2) is 42.5 Å². The number of nitrogens with one attached hydrogen (secondary N) is 2. The topological polar surface area (TPSA) is 33.3 Å². The first kappa shape index (κ1) is 13.7. The van der Waals surface area contributed by atoms with Crippen LogP contribution < -0.4 is 15.6 Å². The van der Waals surface area contributed by atoms with Crippen LogP contribution in [0.1, 0.15) is 11.1 Å². The van der Waals surface area contributed by atoms with Crippen LogP contribution in [0.4, 0.5) is 5.69 Å². The predicted octanol–water partition coefficient (Wildman–Crippen LogP) is 3.77. The standard InChI is InChI=1S/C15H17ClN2O/c1-11-8-15(19-2)12(9-14(11)16)10-17-18-13-6-4-3-5-7-13/h3-9,17-18H,10H2,1-2H3. The summed E-state index contributed by atoms with van der Waals surface area (Å²) in [6.07, 6.45) is 0. The van der Waals surface area contributed by atoms with E-state index < -0.39 is 0 Å². The van der Waals surface area contributed by atoms with Gasteiger partial charge in [-0.05, 0) is 36.8 Å². The van der Waals surface area contributed by atoms with Gasteiger partial charge in [0.05, 0.1) is 7.11 Å². The average molecular weight is 277 g/mol. The van der Waals surface area contributed by atoms with Gasteiger partial charge in [0, 0.05) is 22.8 Å². The Morgan fingerprint density at radius 2 is 1.89 bits per heavy atom. The Labute approximate surface area is 118 Å². The number of aryl methyl sites for hydroxylation is 1. The molecule has 0 atom stereocenters. The van der Waals surface area contributed by atoms with Gasteiger partial charge in [-0.25, -0.2) is 5.43 Å². The first-order valence-corrected chi connectivity index (χ1v) is 6.45. The van der Waals surface area contributed by atoms with Crippen molar-refractivity contribution in [3.63, 3.8) is 0 Å². The Hall–Kier alpha value is -1.71. The zero-order valence-electron chi connectivity index (χ0n) is 11.0. The summed E-state index contributed by atoms with van der Waals surface area (Å²) in [4.78, 5) is 0. The van der Waals surface area contributed by atoms with Gasteiger partial charge in [-0.3, -0.25) is 0 Å². The van der Waals surface area contributed by atoms with Gasteiger partial charge >= 0.3 is 0 Å². The number of hydrogen-bond donors (Lipinski definition) is 2. The molecule has 19 heavy (non-hydrogen) atoms. The van der Waals surface area contributed by atoms with Crippen LogP contribution in [0.5, 0.6) is 5.75 Å². The summed E-state index contributed by atoms with van der Waals surface area (Å²) >= 11 is 6.13. The van der Waals surface area contributed by atoms with Gasteiger partial charge in [-0.2, -0.15) is 0 Å². The molecule has 0 bridgehead atoms. The number of anilines is 1. The van der Waals surface area contributed by atoms with Crippen LogP contribution >= 0.6 is 11.6 Å². The molecule has 0 saturated heterocycles. The van der Waals surface area contributed by atoms with E-state index in [1.807, 2.05) is 49.4 Å². The number of hydrogen-bond acceptors (Lipinski definition) is 3. The number of methoxy groups -OCH3 is 1. The van der Waals surface area contributed by atoms with Crippen molar-refractivity contribution in [2.24, 2.45) is 0 Å². The summed E-state index contributed by atoms with van der Waals surface area (Å²) in [7, 11) is 1.66. The van der Waals surface area contributed by atoms with Crippen molar-refractivity contribution in [3.05, 3.63) is 58.6 Å². The summed E-state index contributed by atoms with van der Waals surface area (Å²) in [6.45, 7) is 2.59. The third kappa shape index (κ3) is 3.63. The Bertz CT molecular complexity index is 543. The number of para-hydroxylation sites is 1. The second kappa shape index (κ2) is 6.45. The van der Waals surface area contributed by atoms with E-state index in [9.17, 15) is 0 Å². The maximum Gasteiger partial charge on any atom is 0.123 e. The van der Waals surface area contributed by atoms with Crippen molar-refractivity contribution in [3.8, 4) is 5.75 Å². The number of hydrazine groups is 1. The lowest BCUT2D eigenvalue weighted by molar-refractivity contribution is 0.408. The lowest BCUT2D eigenvalue weighted by atomic mass is 10.1. The average Bonchev–Trinajstić information content (AvgIpc) is 2.43. The molecule has 0 radical (unpaired) electrons. The third-order valence-electron chi connectivity index (χ3n) is 2.85. The molecule has 0 aromatic heterocycles. The van der Waals surface area contributed by atoms with E-state index in [0.29, 0.717) is 6.54 Å². The van der Waals surface area contributed by atoms with E-state index in [-0.39, 0.29) is 0 Å². The second-order valence-corrected chi connectivity index (χ2v) is 4.67. The van der Waals surface area contributed by atoms with E-state index in [1.165, 1.54) is 0 Å². The molecule has 4 heteroatoms. The highest BCUT2D eigenvalue weighted by molar-refractivity contribution is 6.31. The molecule has 2 N–H and O–H groups in total. The third-order valence-corrected chi connectivity index (χ3v) is 3.25. The van der Waals surface area contributed by atoms with E-state index in [0.717, 1.165) is 27.6 Å². The fourth-order valence-electron chi connectivity index (χ4n) is 1.79. The minimum atomic E-state index is 0.623. The van der Waals surface area contributed by atoms with Gasteiger partial charge in [0.25, 0.3) is 0 Å². The zero-order valence-corrected chi connectivity index (χ0v) is 11.8. The maximum absolute atomic E-state index is 6.13. The van der Waals surface area contributed by atoms with Gasteiger partial charge in [0.2, 0.25) is 0 Å². The summed E-state index contributed by atoms with van der Waals surface area (Å²) in [5, 5.41) is 0.748. The molecule has 0 fully saturated rings. The molecule has 0 aliphatic rings. The Balaban J connectivity index is 2.01. The summed E-state index contributed by atoms with van der Waals surface area (Å²) in [5.41, 5.74) is 9.32. The molecule has 2 rings (SSSR count). The van der Waals surface area contributed by atoms with E-state index in [1.54, 1.807) is 7.11 Å². The molecule has 0 amide bonds. The largest absolute Gasteiger partial charge is 0.496 e. The quantitative estimate of drug-likeness (QED) is 0.816. The van der Waals surface area contributed by atoms with Gasteiger partial charge in [0.15, 0.2) is 0 Å². The van der Waals surface area contributed by atoms with E-state index in [4.69, 9.17) is 16.3 Å². The van der Waals surface area contributed by atoms with Crippen LogP contribution in [0, 0.1) is 6.92 Å². The summed E-state index contributed by atoms with van der Waals surface area (Å²) in [6, 6.07) is 13.8. The number of rotatable bonds is 5. The summed E-state index contributed by atoms with van der Waals surface area (Å²) in [5.74, 6) is 0.837. The lowest BCUT2D eigenvalue weighted by Gasteiger charge is -2.13. The molecule has 0 heterocycles. The summed E-state index contributed by atoms with van der Waals surface area (Å²) < 4.78 is 5.36. The van der Waals surface area contributed by atoms with Crippen molar-refractivity contribution in [1.29, 1.82) is 0 Å². The molecule has 0 unspecified atom stereocenters. The molecule has 2 aromatic rings. The van der Waals surface area contributed by atoms with Crippen molar-refractivity contribution >= 4 is 17.3 Å². The fourth-order valence-corrected chi connectivity index (χ4v) is 1.97. The van der Waals surface area contributed by atoms with Crippen LogP contribution in [-0.4, -0.2) is 7.11 Å². The van der Waals surface area contributed by atoms with Crippen LogP contribution in [0.2, 0.25) is 5.02 Å². The zero-order chi connectivity index (χ0) is 13.7. The van der Waals surface area contributed by atoms with Crippen molar-refractivity contribution < 1.29 is 4.74 Å². The minimum absolute atomic E-state index is 0.623. The molecule has 2 aromatic carbocycles. The van der Waals surface area contributed by atoms with Crippen LogP contribution in [0.25, 0.3) is 0 Å². The molecule has 0 saturated carbocycles. The van der Waals surface area contributed by atoms with Crippen LogP contribution in [0.3, 0.4) is 0 Å². The van der Waals surface area contributed by atoms with E-state index in [2.05, 4.69) is 10.9 Å². The molecule has 0 aliphatic heterocycles. The maximum atomic E-state index is 6.13. The minimum Gasteiger partial charge on any atom is -0.496 e. The van der Waals surface area contributed by atoms with Crippen molar-refractivity contribution in [2.45, 2.75) is 13.5 Å². The number of halogens is 1. The molecule has 0 aliphatic carbocycles. The normalized spacial score (nSPS) is 10.3. The lowest BCUT2D eigenvalue weighted by Crippen LogP contribution is -2.21. The highest BCUT2D eigenvalue weighted by Gasteiger charge is 2.06. The molecule has 100 valence electrons. The second-order valence-electron chi connectivity index (χ2n) is 4.26. The fraction of sp³-hybridized carbons (Fsp3) is 0.200. The van der Waals surface area contributed by atoms with Gasteiger partial charge in [-0.1, -0.05) is 29.8 Å². The Morgan fingerprint density at radius 1 is 1.16 bits per heavy atom. The molecule has 3 nitrogen and oxygen atoms in total. The first-order valence-electron chi connectivity index (χ1n) is 6.07. The van der Waals surface area contributed by atoms with Gasteiger partial charge in [-0.15, -0.1) is 0 Å². The molecule has 0 spiro atoms. The van der Waals surface area contributed by atoms with Crippen LogP contribution in [-0.2, 0) is 6.54 Å². The predicted molar refractivity (Wildman–Crippen MR) is 79.6 cm³/mol. The Morgan fingerprint density at radius 3 is 2.58 bits per heavy atom. The first-order chi connectivity index (χ1) is 9.20. The van der Waals surface area contributed by atoms with Gasteiger partial charge in [0.1, 0.15) is 5.75 Å². The molecular formula is C15H17ClN2O. The van der Waals surface area contributed by atoms with Gasteiger partial charge < -0.3 is 10.2 Å². The highest BCUT2D eigenvalue weighted by atomic mass is 35.5. The smallest absolute Gasteiger partial charge is 0.123 e. The highest BCUT2D eigenvalue weighted by Crippen LogP contribution is 2.26.